The predicted octanol–water partition coefficient (Wildman–Crippen LogP) is 4.13. The fourth-order valence-corrected chi connectivity index (χ4v) is 3.55. The second-order valence-electron chi connectivity index (χ2n) is 5.98. The summed E-state index contributed by atoms with van der Waals surface area (Å²) in [4.78, 5) is 12.7. The molecule has 0 aliphatic carbocycles. The minimum Gasteiger partial charge on any atom is -0.439 e. The van der Waals surface area contributed by atoms with Crippen molar-refractivity contribution in [1.29, 1.82) is 0 Å². The van der Waals surface area contributed by atoms with E-state index in [1.165, 1.54) is 12.1 Å². The number of para-hydroxylation sites is 1. The van der Waals surface area contributed by atoms with Crippen LogP contribution in [0.3, 0.4) is 0 Å². The van der Waals surface area contributed by atoms with Crippen molar-refractivity contribution in [2.45, 2.75) is 4.90 Å². The fraction of sp³-hybridized carbons (Fsp3) is 0. The Labute approximate surface area is 168 Å². The second kappa shape index (κ2) is 8.07. The fourth-order valence-electron chi connectivity index (χ4n) is 2.58. The number of nitrogens with one attached hydrogen (secondary N) is 1. The summed E-state index contributed by atoms with van der Waals surface area (Å²) in [5.74, 6) is 0.696. The largest absolute Gasteiger partial charge is 0.439 e. The molecular weight excluding hydrogens is 388 g/mol. The van der Waals surface area contributed by atoms with Gasteiger partial charge < -0.3 is 4.74 Å². The molecule has 8 heteroatoms. The summed E-state index contributed by atoms with van der Waals surface area (Å²) in [6.45, 7) is 0. The van der Waals surface area contributed by atoms with Crippen molar-refractivity contribution < 1.29 is 13.2 Å². The molecule has 144 valence electrons. The molecule has 0 aliphatic rings. The highest BCUT2D eigenvalue weighted by Gasteiger charge is 2.17. The summed E-state index contributed by atoms with van der Waals surface area (Å²) < 4.78 is 33.6. The van der Waals surface area contributed by atoms with Gasteiger partial charge >= 0.3 is 0 Å². The van der Waals surface area contributed by atoms with Gasteiger partial charge in [-0.1, -0.05) is 36.4 Å². The minimum absolute atomic E-state index is 0.0888. The second-order valence-corrected chi connectivity index (χ2v) is 7.67. The van der Waals surface area contributed by atoms with Gasteiger partial charge in [0.25, 0.3) is 10.0 Å². The summed E-state index contributed by atoms with van der Waals surface area (Å²) in [6, 6.07) is 22.3. The third-order valence-electron chi connectivity index (χ3n) is 3.92. The van der Waals surface area contributed by atoms with Gasteiger partial charge in [-0.2, -0.15) is 4.98 Å². The van der Waals surface area contributed by atoms with Gasteiger partial charge in [-0.25, -0.2) is 18.1 Å². The summed E-state index contributed by atoms with van der Waals surface area (Å²) in [5, 5.41) is 0. The average molecular weight is 404 g/mol. The van der Waals surface area contributed by atoms with Crippen LogP contribution in [0.5, 0.6) is 11.6 Å². The van der Waals surface area contributed by atoms with Crippen molar-refractivity contribution in [2.75, 3.05) is 4.72 Å². The summed E-state index contributed by atoms with van der Waals surface area (Å²) in [5.41, 5.74) is 1.25. The van der Waals surface area contributed by atoms with Crippen LogP contribution in [-0.4, -0.2) is 23.4 Å². The Morgan fingerprint density at radius 2 is 1.45 bits per heavy atom. The van der Waals surface area contributed by atoms with E-state index < -0.39 is 10.0 Å². The maximum absolute atomic E-state index is 12.7. The lowest BCUT2D eigenvalue weighted by molar-refractivity contribution is 0.463. The first-order valence-electron chi connectivity index (χ1n) is 8.70. The molecular formula is C21H16N4O3S. The third-order valence-corrected chi connectivity index (χ3v) is 5.27. The number of pyridine rings is 1. The van der Waals surface area contributed by atoms with Gasteiger partial charge in [-0.05, 0) is 36.4 Å². The van der Waals surface area contributed by atoms with E-state index in [9.17, 15) is 8.42 Å². The van der Waals surface area contributed by atoms with Gasteiger partial charge in [-0.15, -0.1) is 0 Å². The van der Waals surface area contributed by atoms with Crippen molar-refractivity contribution in [3.8, 4) is 22.9 Å². The molecule has 0 amide bonds. The van der Waals surface area contributed by atoms with E-state index in [0.29, 0.717) is 11.4 Å². The lowest BCUT2D eigenvalue weighted by Gasteiger charge is -2.11. The van der Waals surface area contributed by atoms with Crippen LogP contribution in [0.25, 0.3) is 11.3 Å². The molecule has 0 aliphatic heterocycles. The number of aromatic nitrogens is 3. The predicted molar refractivity (Wildman–Crippen MR) is 109 cm³/mol. The maximum atomic E-state index is 12.7. The van der Waals surface area contributed by atoms with E-state index >= 15 is 0 Å². The average Bonchev–Trinajstić information content (AvgIpc) is 2.75. The van der Waals surface area contributed by atoms with Crippen LogP contribution in [0.2, 0.25) is 0 Å². The number of anilines is 1. The molecule has 0 saturated heterocycles. The molecule has 0 atom stereocenters. The summed E-state index contributed by atoms with van der Waals surface area (Å²) in [6.07, 6.45) is 3.26. The van der Waals surface area contributed by atoms with E-state index in [-0.39, 0.29) is 16.7 Å². The van der Waals surface area contributed by atoms with Crippen molar-refractivity contribution in [3.63, 3.8) is 0 Å². The van der Waals surface area contributed by atoms with E-state index in [2.05, 4.69) is 19.7 Å². The molecule has 7 nitrogen and oxygen atoms in total. The third kappa shape index (κ3) is 4.56. The number of hydrogen-bond donors (Lipinski definition) is 1. The van der Waals surface area contributed by atoms with Crippen LogP contribution < -0.4 is 9.46 Å². The smallest absolute Gasteiger partial charge is 0.264 e. The first kappa shape index (κ1) is 18.6. The summed E-state index contributed by atoms with van der Waals surface area (Å²) in [7, 11) is -3.84. The van der Waals surface area contributed by atoms with Crippen LogP contribution in [0.15, 0.2) is 96.2 Å². The molecule has 0 bridgehead atoms. The lowest BCUT2D eigenvalue weighted by Crippen LogP contribution is -2.15. The minimum atomic E-state index is -3.84. The van der Waals surface area contributed by atoms with Gasteiger partial charge in [-0.3, -0.25) is 4.98 Å². The number of benzene rings is 2. The number of sulfonamides is 1. The molecule has 29 heavy (non-hydrogen) atoms. The SMILES string of the molecule is O=S(=O)(Nc1nc(Oc2ccccc2)cc(-c2ccncc2)n1)c1ccccc1. The monoisotopic (exact) mass is 404 g/mol. The van der Waals surface area contributed by atoms with Crippen LogP contribution >= 0.6 is 0 Å². The van der Waals surface area contributed by atoms with Gasteiger partial charge in [0.2, 0.25) is 11.8 Å². The Morgan fingerprint density at radius 3 is 2.14 bits per heavy atom. The summed E-state index contributed by atoms with van der Waals surface area (Å²) >= 11 is 0. The standard InChI is InChI=1S/C21H16N4O3S/c26-29(27,18-9-5-2-6-10-18)25-21-23-19(16-11-13-22-14-12-16)15-20(24-21)28-17-7-3-1-4-8-17/h1-15H,(H,23,24,25). The van der Waals surface area contributed by atoms with Crippen molar-refractivity contribution in [2.24, 2.45) is 0 Å². The molecule has 0 saturated carbocycles. The zero-order chi connectivity index (χ0) is 20.1. The number of hydrogen-bond acceptors (Lipinski definition) is 6. The molecule has 2 aromatic carbocycles. The Morgan fingerprint density at radius 1 is 0.793 bits per heavy atom. The van der Waals surface area contributed by atoms with Crippen LogP contribution in [0.1, 0.15) is 0 Å². The van der Waals surface area contributed by atoms with E-state index in [1.54, 1.807) is 60.9 Å². The Kier molecular flexibility index (Phi) is 5.17. The zero-order valence-electron chi connectivity index (χ0n) is 15.1. The molecule has 0 spiro atoms. The van der Waals surface area contributed by atoms with E-state index in [0.717, 1.165) is 5.56 Å². The molecule has 0 fully saturated rings. The lowest BCUT2D eigenvalue weighted by atomic mass is 10.2. The van der Waals surface area contributed by atoms with Crippen LogP contribution in [0, 0.1) is 0 Å². The van der Waals surface area contributed by atoms with Gasteiger partial charge in [0.05, 0.1) is 10.6 Å². The van der Waals surface area contributed by atoms with Crippen molar-refractivity contribution in [3.05, 3.63) is 91.3 Å². The highest BCUT2D eigenvalue weighted by atomic mass is 32.2. The Hall–Kier alpha value is -3.78. The van der Waals surface area contributed by atoms with Crippen LogP contribution in [0.4, 0.5) is 5.95 Å². The van der Waals surface area contributed by atoms with Crippen molar-refractivity contribution in [1.82, 2.24) is 15.0 Å². The Balaban J connectivity index is 1.73. The maximum Gasteiger partial charge on any atom is 0.264 e. The molecule has 2 heterocycles. The molecule has 0 radical (unpaired) electrons. The molecule has 2 aromatic heterocycles. The van der Waals surface area contributed by atoms with Crippen molar-refractivity contribution >= 4 is 16.0 Å². The van der Waals surface area contributed by atoms with E-state index in [4.69, 9.17) is 4.74 Å². The van der Waals surface area contributed by atoms with Gasteiger partial charge in [0, 0.05) is 24.0 Å². The quantitative estimate of drug-likeness (QED) is 0.519. The normalized spacial score (nSPS) is 11.0. The highest BCUT2D eigenvalue weighted by molar-refractivity contribution is 7.92. The molecule has 4 rings (SSSR count). The zero-order valence-corrected chi connectivity index (χ0v) is 16.0. The topological polar surface area (TPSA) is 94.1 Å². The first-order valence-corrected chi connectivity index (χ1v) is 10.2. The highest BCUT2D eigenvalue weighted by Crippen LogP contribution is 2.26. The molecule has 1 N–H and O–H groups in total. The number of nitrogens with zero attached hydrogens (tertiary/aromatic N) is 3. The number of ether oxygens (including phenoxy) is 1. The van der Waals surface area contributed by atoms with Crippen LogP contribution in [-0.2, 0) is 10.0 Å². The first-order chi connectivity index (χ1) is 14.1. The van der Waals surface area contributed by atoms with Gasteiger partial charge in [0.15, 0.2) is 0 Å². The Bertz CT molecular complexity index is 1200. The molecule has 0 unspecified atom stereocenters. The molecule has 4 aromatic rings. The van der Waals surface area contributed by atoms with Gasteiger partial charge in [0.1, 0.15) is 5.75 Å². The van der Waals surface area contributed by atoms with E-state index in [1.807, 2.05) is 18.2 Å². The number of rotatable bonds is 6.